The van der Waals surface area contributed by atoms with Crippen LogP contribution in [-0.4, -0.2) is 46.7 Å². The summed E-state index contributed by atoms with van der Waals surface area (Å²) >= 11 is 12.6. The Labute approximate surface area is 198 Å². The molecule has 2 heterocycles. The molecule has 1 saturated heterocycles. The van der Waals surface area contributed by atoms with Crippen LogP contribution in [0.25, 0.3) is 10.9 Å². The fourth-order valence-electron chi connectivity index (χ4n) is 4.40. The maximum atomic E-state index is 13.1. The lowest BCUT2D eigenvalue weighted by Gasteiger charge is -2.29. The number of fused-ring (bicyclic) bond motifs is 1. The first-order chi connectivity index (χ1) is 15.3. The van der Waals surface area contributed by atoms with Crippen molar-refractivity contribution in [3.05, 3.63) is 68.8 Å². The van der Waals surface area contributed by atoms with Gasteiger partial charge in [-0.15, -0.1) is 0 Å². The number of rotatable bonds is 6. The lowest BCUT2D eigenvalue weighted by Crippen LogP contribution is -2.37. The molecule has 0 saturated carbocycles. The Hall–Kier alpha value is -2.05. The molecule has 0 amide bonds. The van der Waals surface area contributed by atoms with E-state index in [4.69, 9.17) is 27.9 Å². The van der Waals surface area contributed by atoms with E-state index in [2.05, 4.69) is 22.0 Å². The molecule has 32 heavy (non-hydrogen) atoms. The van der Waals surface area contributed by atoms with Gasteiger partial charge in [-0.1, -0.05) is 35.3 Å². The fourth-order valence-corrected chi connectivity index (χ4v) is 5.10. The smallest absolute Gasteiger partial charge is 0.341 e. The third kappa shape index (κ3) is 4.96. The van der Waals surface area contributed by atoms with Gasteiger partial charge in [0.05, 0.1) is 11.7 Å². The van der Waals surface area contributed by atoms with Crippen LogP contribution < -0.4 is 0 Å². The quantitative estimate of drug-likeness (QED) is 0.449. The number of H-pyrrole nitrogens is 1. The van der Waals surface area contributed by atoms with E-state index in [1.165, 1.54) is 5.56 Å². The number of carbonyl (C=O) groups excluding carboxylic acids is 1. The number of hydrogen-bond donors (Lipinski definition) is 2. The van der Waals surface area contributed by atoms with Gasteiger partial charge in [0, 0.05) is 51.8 Å². The van der Waals surface area contributed by atoms with Crippen LogP contribution in [0.2, 0.25) is 10.0 Å². The molecule has 1 fully saturated rings. The summed E-state index contributed by atoms with van der Waals surface area (Å²) in [4.78, 5) is 18.8. The Bertz CT molecular complexity index is 1100. The zero-order chi connectivity index (χ0) is 22.8. The summed E-state index contributed by atoms with van der Waals surface area (Å²) in [6.07, 6.45) is 1.81. The second-order valence-corrected chi connectivity index (χ2v) is 9.33. The lowest BCUT2D eigenvalue weighted by atomic mass is 10.0. The van der Waals surface area contributed by atoms with Gasteiger partial charge in [-0.25, -0.2) is 4.79 Å². The number of ether oxygens (including phenoxy) is 1. The van der Waals surface area contributed by atoms with Gasteiger partial charge < -0.3 is 19.7 Å². The summed E-state index contributed by atoms with van der Waals surface area (Å²) in [7, 11) is 0. The molecule has 5 nitrogen and oxygen atoms in total. The minimum Gasteiger partial charge on any atom is -0.454 e. The van der Waals surface area contributed by atoms with Crippen molar-refractivity contribution in [3.8, 4) is 0 Å². The number of piperidine rings is 1. The number of benzene rings is 2. The number of aliphatic hydroxyl groups is 1. The molecule has 2 N–H and O–H groups in total. The summed E-state index contributed by atoms with van der Waals surface area (Å²) in [6, 6.07) is 11.4. The van der Waals surface area contributed by atoms with Crippen molar-refractivity contribution in [1.82, 2.24) is 9.88 Å². The summed E-state index contributed by atoms with van der Waals surface area (Å²) in [5.74, 6) is -0.403. The van der Waals surface area contributed by atoms with E-state index in [0.717, 1.165) is 55.5 Å². The van der Waals surface area contributed by atoms with E-state index in [1.54, 1.807) is 25.1 Å². The molecule has 4 rings (SSSR count). The van der Waals surface area contributed by atoms with Crippen molar-refractivity contribution in [2.75, 3.05) is 19.6 Å². The van der Waals surface area contributed by atoms with Crippen LogP contribution in [0, 0.1) is 6.92 Å². The Morgan fingerprint density at radius 3 is 2.59 bits per heavy atom. The second kappa shape index (κ2) is 9.84. The Morgan fingerprint density at radius 2 is 1.91 bits per heavy atom. The van der Waals surface area contributed by atoms with E-state index >= 15 is 0 Å². The average Bonchev–Trinajstić information content (AvgIpc) is 3.08. The topological polar surface area (TPSA) is 65.6 Å². The predicted octanol–water partition coefficient (Wildman–Crippen LogP) is 5.70. The number of aromatic nitrogens is 1. The van der Waals surface area contributed by atoms with Gasteiger partial charge in [-0.2, -0.15) is 0 Å². The maximum Gasteiger partial charge on any atom is 0.341 e. The second-order valence-electron chi connectivity index (χ2n) is 8.51. The summed E-state index contributed by atoms with van der Waals surface area (Å²) < 4.78 is 5.78. The Kier molecular flexibility index (Phi) is 7.11. The number of nitrogens with zero attached hydrogens (tertiary/aromatic N) is 1. The maximum absolute atomic E-state index is 13.1. The van der Waals surface area contributed by atoms with Crippen molar-refractivity contribution in [2.45, 2.75) is 45.3 Å². The lowest BCUT2D eigenvalue weighted by molar-refractivity contribution is 0.0340. The molecule has 0 bridgehead atoms. The summed E-state index contributed by atoms with van der Waals surface area (Å²) in [5, 5.41) is 11.5. The van der Waals surface area contributed by atoms with Crippen LogP contribution in [0.4, 0.5) is 0 Å². The number of esters is 1. The molecule has 0 aliphatic carbocycles. The molecule has 1 aliphatic rings. The molecule has 2 aromatic carbocycles. The molecule has 1 atom stereocenters. The van der Waals surface area contributed by atoms with Crippen LogP contribution in [0.5, 0.6) is 0 Å². The van der Waals surface area contributed by atoms with Gasteiger partial charge in [0.2, 0.25) is 0 Å². The van der Waals surface area contributed by atoms with Crippen molar-refractivity contribution in [1.29, 1.82) is 0 Å². The molecule has 170 valence electrons. The van der Waals surface area contributed by atoms with E-state index in [-0.39, 0.29) is 6.10 Å². The predicted molar refractivity (Wildman–Crippen MR) is 129 cm³/mol. The fraction of sp³-hybridized carbons (Fsp3) is 0.400. The van der Waals surface area contributed by atoms with Crippen molar-refractivity contribution in [2.24, 2.45) is 0 Å². The van der Waals surface area contributed by atoms with Gasteiger partial charge >= 0.3 is 5.97 Å². The number of likely N-dealkylation sites (tertiary alicyclic amines) is 1. The molecular weight excluding hydrogens is 447 g/mol. The highest BCUT2D eigenvalue weighted by Gasteiger charge is 2.23. The van der Waals surface area contributed by atoms with Gasteiger partial charge in [0.25, 0.3) is 0 Å². The number of aliphatic hydroxyl groups excluding tert-OH is 1. The van der Waals surface area contributed by atoms with Crippen molar-refractivity contribution < 1.29 is 14.6 Å². The first kappa shape index (κ1) is 23.1. The van der Waals surface area contributed by atoms with E-state index in [9.17, 15) is 9.90 Å². The van der Waals surface area contributed by atoms with Crippen molar-refractivity contribution >= 4 is 40.1 Å². The van der Waals surface area contributed by atoms with E-state index in [0.29, 0.717) is 21.2 Å². The number of aromatic amines is 1. The van der Waals surface area contributed by atoms with Gasteiger partial charge in [-0.05, 0) is 62.9 Å². The van der Waals surface area contributed by atoms with Gasteiger partial charge in [0.15, 0.2) is 0 Å². The first-order valence-corrected chi connectivity index (χ1v) is 11.8. The number of hydrogen-bond acceptors (Lipinski definition) is 4. The number of nitrogens with one attached hydrogen (secondary N) is 1. The summed E-state index contributed by atoms with van der Waals surface area (Å²) in [5.41, 5.74) is 3.98. The molecule has 0 spiro atoms. The van der Waals surface area contributed by atoms with Crippen LogP contribution in [0.1, 0.15) is 53.0 Å². The third-order valence-electron chi connectivity index (χ3n) is 6.22. The van der Waals surface area contributed by atoms with Crippen LogP contribution in [0.15, 0.2) is 36.4 Å². The highest BCUT2D eigenvalue weighted by Crippen LogP contribution is 2.33. The largest absolute Gasteiger partial charge is 0.454 e. The molecule has 3 aromatic rings. The number of aryl methyl sites for hydroxylation is 1. The highest BCUT2D eigenvalue weighted by atomic mass is 35.5. The number of halogens is 2. The standard InChI is InChI=1S/C25H28Cl2N2O3/c1-15-23(25(31)32-16(2)24-20(26)4-3-5-21(24)27)19-14-17(6-7-22(19)28-15)8-11-29-12-9-18(30)10-13-29/h3-7,14,16,18,28,30H,8-13H2,1-2H3. The number of carbonyl (C=O) groups is 1. The minimum absolute atomic E-state index is 0.165. The molecular formula is C25H28Cl2N2O3. The molecule has 7 heteroatoms. The van der Waals surface area contributed by atoms with Crippen LogP contribution in [0.3, 0.4) is 0 Å². The van der Waals surface area contributed by atoms with Gasteiger partial charge in [0.1, 0.15) is 6.10 Å². The van der Waals surface area contributed by atoms with E-state index < -0.39 is 12.1 Å². The monoisotopic (exact) mass is 474 g/mol. The molecule has 1 aliphatic heterocycles. The molecule has 1 unspecified atom stereocenters. The Balaban J connectivity index is 1.52. The SMILES string of the molecule is Cc1[nH]c2ccc(CCN3CCC(O)CC3)cc2c1C(=O)OC(C)c1c(Cl)cccc1Cl. The zero-order valence-corrected chi connectivity index (χ0v) is 19.8. The zero-order valence-electron chi connectivity index (χ0n) is 18.3. The van der Waals surface area contributed by atoms with Gasteiger partial charge in [-0.3, -0.25) is 0 Å². The van der Waals surface area contributed by atoms with Crippen molar-refractivity contribution in [3.63, 3.8) is 0 Å². The average molecular weight is 475 g/mol. The van der Waals surface area contributed by atoms with Crippen LogP contribution in [-0.2, 0) is 11.2 Å². The first-order valence-electron chi connectivity index (χ1n) is 11.0. The third-order valence-corrected chi connectivity index (χ3v) is 6.88. The minimum atomic E-state index is -0.578. The Morgan fingerprint density at radius 1 is 1.22 bits per heavy atom. The highest BCUT2D eigenvalue weighted by molar-refractivity contribution is 6.36. The van der Waals surface area contributed by atoms with Crippen LogP contribution >= 0.6 is 23.2 Å². The summed E-state index contributed by atoms with van der Waals surface area (Å²) in [6.45, 7) is 6.43. The molecule has 1 aromatic heterocycles. The molecule has 0 radical (unpaired) electrons. The normalized spacial score (nSPS) is 16.4. The van der Waals surface area contributed by atoms with E-state index in [1.807, 2.05) is 13.0 Å².